The van der Waals surface area contributed by atoms with Crippen molar-refractivity contribution in [3.05, 3.63) is 59.4 Å². The highest BCUT2D eigenvalue weighted by atomic mass is 19.2. The molecule has 0 saturated carbocycles. The van der Waals surface area contributed by atoms with Gasteiger partial charge >= 0.3 is 0 Å². The molecule has 0 aliphatic heterocycles. The highest BCUT2D eigenvalue weighted by molar-refractivity contribution is 5.94. The molecule has 5 nitrogen and oxygen atoms in total. The van der Waals surface area contributed by atoms with Gasteiger partial charge in [0.05, 0.1) is 18.5 Å². The van der Waals surface area contributed by atoms with Crippen LogP contribution in [0, 0.1) is 17.5 Å². The van der Waals surface area contributed by atoms with E-state index in [-0.39, 0.29) is 0 Å². The van der Waals surface area contributed by atoms with Crippen molar-refractivity contribution >= 4 is 17.8 Å². The zero-order valence-corrected chi connectivity index (χ0v) is 14.1. The van der Waals surface area contributed by atoms with Gasteiger partial charge < -0.3 is 14.9 Å². The second-order valence-electron chi connectivity index (χ2n) is 5.20. The number of oxime groups is 1. The van der Waals surface area contributed by atoms with Crippen LogP contribution in [0.2, 0.25) is 0 Å². The zero-order valence-electron chi connectivity index (χ0n) is 14.1. The number of benzene rings is 2. The minimum Gasteiger partial charge on any atom is -0.494 e. The number of amides is 1. The summed E-state index contributed by atoms with van der Waals surface area (Å²) in [6, 6.07) is 8.64. The van der Waals surface area contributed by atoms with Crippen LogP contribution < -0.4 is 10.1 Å². The van der Waals surface area contributed by atoms with Crippen molar-refractivity contribution in [1.29, 1.82) is 0 Å². The molecule has 2 rings (SSSR count). The molecule has 0 aliphatic rings. The smallest absolute Gasteiger partial charge is 0.268 e. The topological polar surface area (TPSA) is 59.9 Å². The summed E-state index contributed by atoms with van der Waals surface area (Å²) in [5, 5.41) is 5.79. The third kappa shape index (κ3) is 4.98. The lowest BCUT2D eigenvalue weighted by atomic mass is 10.2. The monoisotopic (exact) mass is 366 g/mol. The van der Waals surface area contributed by atoms with Gasteiger partial charge in [0.15, 0.2) is 17.5 Å². The molecule has 2 aromatic carbocycles. The first-order chi connectivity index (χ1) is 12.4. The maximum atomic E-state index is 13.5. The molecule has 0 bridgehead atoms. The number of ether oxygens (including phenoxy) is 1. The second-order valence-corrected chi connectivity index (χ2v) is 5.20. The van der Waals surface area contributed by atoms with Gasteiger partial charge in [-0.25, -0.2) is 13.2 Å². The first kappa shape index (κ1) is 19.3. The number of nitrogens with one attached hydrogen (secondary N) is 1. The fraction of sp³-hybridized carbons (Fsp3) is 0.222. The normalized spacial score (nSPS) is 12.0. The van der Waals surface area contributed by atoms with E-state index in [1.807, 2.05) is 6.92 Å². The summed E-state index contributed by atoms with van der Waals surface area (Å²) in [6.07, 6.45) is 0.305. The van der Waals surface area contributed by atoms with Gasteiger partial charge in [-0.1, -0.05) is 5.16 Å². The predicted molar refractivity (Wildman–Crippen MR) is 90.7 cm³/mol. The molecule has 1 N–H and O–H groups in total. The van der Waals surface area contributed by atoms with Gasteiger partial charge in [0.25, 0.3) is 5.91 Å². The van der Waals surface area contributed by atoms with Crippen LogP contribution in [-0.4, -0.2) is 24.8 Å². The number of nitrogens with zero attached hydrogens (tertiary/aromatic N) is 1. The largest absolute Gasteiger partial charge is 0.494 e. The third-order valence-corrected chi connectivity index (χ3v) is 3.27. The number of carbonyl (C=O) groups excluding carboxylic acids is 1. The number of hydrogen-bond acceptors (Lipinski definition) is 4. The number of rotatable bonds is 7. The van der Waals surface area contributed by atoms with E-state index in [0.717, 1.165) is 6.07 Å². The van der Waals surface area contributed by atoms with Crippen molar-refractivity contribution < 1.29 is 27.5 Å². The van der Waals surface area contributed by atoms with Gasteiger partial charge in [-0.15, -0.1) is 0 Å². The molecule has 0 aromatic heterocycles. The van der Waals surface area contributed by atoms with Crippen LogP contribution in [0.1, 0.15) is 19.4 Å². The average molecular weight is 366 g/mol. The Balaban J connectivity index is 1.91. The molecule has 1 amide bonds. The Hall–Kier alpha value is -3.03. The SMILES string of the molecule is CCOc1ccc(/C=N\O[C@H](C)C(=O)Nc2ccc(F)c(F)c2F)cc1. The molecule has 2 aromatic rings. The van der Waals surface area contributed by atoms with Crippen molar-refractivity contribution in [2.75, 3.05) is 11.9 Å². The van der Waals surface area contributed by atoms with E-state index in [4.69, 9.17) is 9.57 Å². The summed E-state index contributed by atoms with van der Waals surface area (Å²) in [7, 11) is 0. The van der Waals surface area contributed by atoms with Gasteiger partial charge in [0, 0.05) is 0 Å². The second kappa shape index (κ2) is 8.89. The van der Waals surface area contributed by atoms with Crippen molar-refractivity contribution in [1.82, 2.24) is 0 Å². The van der Waals surface area contributed by atoms with Gasteiger partial charge in [0.2, 0.25) is 6.10 Å². The van der Waals surface area contributed by atoms with Gasteiger partial charge in [-0.05, 0) is 55.8 Å². The van der Waals surface area contributed by atoms with Gasteiger partial charge in [-0.3, -0.25) is 4.79 Å². The van der Waals surface area contributed by atoms with E-state index >= 15 is 0 Å². The standard InChI is InChI=1S/C18H17F3N2O3/c1-3-25-13-6-4-12(5-7-13)10-22-26-11(2)18(24)23-15-9-8-14(19)16(20)17(15)21/h4-11H,3H2,1-2H3,(H,23,24)/b22-10-/t11-/m1/s1. The molecule has 138 valence electrons. The number of carbonyl (C=O) groups is 1. The number of anilines is 1. The molecule has 0 radical (unpaired) electrons. The lowest BCUT2D eigenvalue weighted by Gasteiger charge is -2.11. The molecular weight excluding hydrogens is 349 g/mol. The van der Waals surface area contributed by atoms with Gasteiger partial charge in [0.1, 0.15) is 5.75 Å². The number of halogens is 3. The highest BCUT2D eigenvalue weighted by Crippen LogP contribution is 2.20. The van der Waals surface area contributed by atoms with Gasteiger partial charge in [-0.2, -0.15) is 0 Å². The van der Waals surface area contributed by atoms with Crippen LogP contribution in [0.5, 0.6) is 5.75 Å². The van der Waals surface area contributed by atoms with Crippen LogP contribution in [0.15, 0.2) is 41.6 Å². The summed E-state index contributed by atoms with van der Waals surface area (Å²) in [5.41, 5.74) is 0.229. The minimum absolute atomic E-state index is 0.486. The van der Waals surface area contributed by atoms with E-state index in [1.54, 1.807) is 24.3 Å². The summed E-state index contributed by atoms with van der Waals surface area (Å²) in [6.45, 7) is 3.81. The molecule has 0 fully saturated rings. The molecular formula is C18H17F3N2O3. The predicted octanol–water partition coefficient (Wildman–Crippen LogP) is 3.88. The highest BCUT2D eigenvalue weighted by Gasteiger charge is 2.19. The molecule has 0 aliphatic carbocycles. The van der Waals surface area contributed by atoms with E-state index in [1.165, 1.54) is 13.1 Å². The molecule has 1 atom stereocenters. The Kier molecular flexibility index (Phi) is 6.60. The summed E-state index contributed by atoms with van der Waals surface area (Å²) < 4.78 is 44.9. The fourth-order valence-corrected chi connectivity index (χ4v) is 1.90. The third-order valence-electron chi connectivity index (χ3n) is 3.27. The van der Waals surface area contributed by atoms with Crippen LogP contribution in [0.25, 0.3) is 0 Å². The summed E-state index contributed by atoms with van der Waals surface area (Å²) >= 11 is 0. The van der Waals surface area contributed by atoms with Crippen molar-refractivity contribution in [2.45, 2.75) is 20.0 Å². The van der Waals surface area contributed by atoms with Crippen LogP contribution in [-0.2, 0) is 9.63 Å². The minimum atomic E-state index is -1.66. The lowest BCUT2D eigenvalue weighted by molar-refractivity contribution is -0.126. The Labute approximate surface area is 148 Å². The Morgan fingerprint density at radius 2 is 1.85 bits per heavy atom. The fourth-order valence-electron chi connectivity index (χ4n) is 1.90. The quantitative estimate of drug-likeness (QED) is 0.460. The molecule has 8 heteroatoms. The number of hydrogen-bond donors (Lipinski definition) is 1. The molecule has 0 unspecified atom stereocenters. The Bertz CT molecular complexity index is 795. The van der Waals surface area contributed by atoms with Crippen LogP contribution >= 0.6 is 0 Å². The maximum absolute atomic E-state index is 13.5. The van der Waals surface area contributed by atoms with E-state index < -0.39 is 35.2 Å². The van der Waals surface area contributed by atoms with Crippen LogP contribution in [0.3, 0.4) is 0 Å². The molecule has 0 saturated heterocycles. The van der Waals surface area contributed by atoms with E-state index in [0.29, 0.717) is 24.0 Å². The molecule has 0 spiro atoms. The van der Waals surface area contributed by atoms with E-state index in [2.05, 4.69) is 10.5 Å². The molecule has 26 heavy (non-hydrogen) atoms. The Morgan fingerprint density at radius 3 is 2.50 bits per heavy atom. The summed E-state index contributed by atoms with van der Waals surface area (Å²) in [4.78, 5) is 16.9. The first-order valence-electron chi connectivity index (χ1n) is 7.78. The summed E-state index contributed by atoms with van der Waals surface area (Å²) in [5.74, 6) is -4.54. The first-order valence-corrected chi connectivity index (χ1v) is 7.78. The van der Waals surface area contributed by atoms with Crippen molar-refractivity contribution in [2.24, 2.45) is 5.16 Å². The lowest BCUT2D eigenvalue weighted by Crippen LogP contribution is -2.27. The van der Waals surface area contributed by atoms with Crippen LogP contribution in [0.4, 0.5) is 18.9 Å². The molecule has 0 heterocycles. The maximum Gasteiger partial charge on any atom is 0.268 e. The van der Waals surface area contributed by atoms with Crippen molar-refractivity contribution in [3.63, 3.8) is 0 Å². The Morgan fingerprint density at radius 1 is 1.15 bits per heavy atom. The average Bonchev–Trinajstić information content (AvgIpc) is 2.63. The zero-order chi connectivity index (χ0) is 19.1. The van der Waals surface area contributed by atoms with E-state index in [9.17, 15) is 18.0 Å². The van der Waals surface area contributed by atoms with Crippen molar-refractivity contribution in [3.8, 4) is 5.75 Å².